The number of para-hydroxylation sites is 1. The van der Waals surface area contributed by atoms with Gasteiger partial charge in [0.1, 0.15) is 0 Å². The second-order valence-corrected chi connectivity index (χ2v) is 16.8. The molecule has 4 heterocycles. The number of aromatic nitrogens is 4. The largest absolute Gasteiger partial charge is 0.309 e. The molecule has 0 fully saturated rings. The van der Waals surface area contributed by atoms with Crippen LogP contribution >= 0.6 is 11.3 Å². The number of rotatable bonds is 5. The number of benzene rings is 9. The van der Waals surface area contributed by atoms with Crippen molar-refractivity contribution in [2.45, 2.75) is 0 Å². The number of thiophene rings is 1. The third-order valence-electron chi connectivity index (χ3n) is 12.3. The van der Waals surface area contributed by atoms with E-state index in [1.54, 1.807) is 11.3 Å². The summed E-state index contributed by atoms with van der Waals surface area (Å²) in [6.45, 7) is 0. The number of fused-ring (bicyclic) bond motifs is 11. The van der Waals surface area contributed by atoms with E-state index in [0.717, 1.165) is 38.3 Å². The Morgan fingerprint density at radius 3 is 1.72 bits per heavy atom. The first kappa shape index (κ1) is 34.0. The van der Waals surface area contributed by atoms with E-state index in [9.17, 15) is 0 Å². The first-order valence-electron chi connectivity index (χ1n) is 20.7. The van der Waals surface area contributed by atoms with Gasteiger partial charge in [-0.1, -0.05) is 158 Å². The van der Waals surface area contributed by atoms with Crippen LogP contribution in [0.2, 0.25) is 0 Å². The van der Waals surface area contributed by atoms with Crippen LogP contribution in [0.5, 0.6) is 0 Å². The minimum Gasteiger partial charge on any atom is -0.309 e. The lowest BCUT2D eigenvalue weighted by Gasteiger charge is -2.12. The van der Waals surface area contributed by atoms with E-state index in [0.29, 0.717) is 5.82 Å². The average Bonchev–Trinajstić information content (AvgIpc) is 4.02. The van der Waals surface area contributed by atoms with Gasteiger partial charge in [0.15, 0.2) is 11.6 Å². The maximum Gasteiger partial charge on any atom is 0.162 e. The molecule has 0 atom stereocenters. The predicted octanol–water partition coefficient (Wildman–Crippen LogP) is 15.2. The van der Waals surface area contributed by atoms with Crippen molar-refractivity contribution in [1.82, 2.24) is 19.1 Å². The predicted molar refractivity (Wildman–Crippen MR) is 257 cm³/mol. The molecule has 0 aliphatic carbocycles. The molecule has 0 spiro atoms. The first-order valence-corrected chi connectivity index (χ1v) is 21.5. The van der Waals surface area contributed by atoms with Gasteiger partial charge in [-0.05, 0) is 81.4 Å². The summed E-state index contributed by atoms with van der Waals surface area (Å²) in [4.78, 5) is 11.9. The summed E-state index contributed by atoms with van der Waals surface area (Å²) in [7, 11) is 0. The van der Waals surface area contributed by atoms with Crippen LogP contribution in [-0.4, -0.2) is 19.1 Å². The number of nitrogens with zero attached hydrogens (tertiary/aromatic N) is 4. The second kappa shape index (κ2) is 13.3. The highest BCUT2D eigenvalue weighted by Gasteiger charge is 2.23. The lowest BCUT2D eigenvalue weighted by Crippen LogP contribution is -2.01. The van der Waals surface area contributed by atoms with Gasteiger partial charge >= 0.3 is 0 Å². The van der Waals surface area contributed by atoms with Crippen molar-refractivity contribution >= 4 is 86.7 Å². The lowest BCUT2D eigenvalue weighted by molar-refractivity contribution is 1.08. The smallest absolute Gasteiger partial charge is 0.162 e. The minimum atomic E-state index is 0.711. The third kappa shape index (κ3) is 5.24. The maximum atomic E-state index is 5.48. The van der Waals surface area contributed by atoms with Gasteiger partial charge in [-0.3, -0.25) is 4.57 Å². The van der Waals surface area contributed by atoms with Gasteiger partial charge in [0, 0.05) is 43.1 Å². The molecule has 0 amide bonds. The van der Waals surface area contributed by atoms with Crippen LogP contribution < -0.4 is 0 Å². The van der Waals surface area contributed by atoms with E-state index in [2.05, 4.69) is 209 Å². The SMILES string of the molecule is c1ccc(-c2nc(-n3c4ccc(-c5ccc6c(c5)c5c7ccccc7ccc5n6-c5ccccc5)cc4c4ccc5ccccc5c43)c3sc(-c4ccccc4)cc3n2)cc1. The number of hydrogen-bond acceptors (Lipinski definition) is 3. The van der Waals surface area contributed by atoms with Crippen molar-refractivity contribution in [2.24, 2.45) is 0 Å². The highest BCUT2D eigenvalue weighted by Crippen LogP contribution is 2.44. The van der Waals surface area contributed by atoms with Crippen molar-refractivity contribution in [1.29, 1.82) is 0 Å². The average molecular weight is 795 g/mol. The van der Waals surface area contributed by atoms with Crippen molar-refractivity contribution in [2.75, 3.05) is 0 Å². The van der Waals surface area contributed by atoms with Crippen molar-refractivity contribution in [3.05, 3.63) is 206 Å². The summed E-state index contributed by atoms with van der Waals surface area (Å²) < 4.78 is 5.87. The zero-order valence-electron chi connectivity index (χ0n) is 32.8. The summed E-state index contributed by atoms with van der Waals surface area (Å²) in [6, 6.07) is 74.4. The van der Waals surface area contributed by atoms with Gasteiger partial charge in [0.25, 0.3) is 0 Å². The Balaban J connectivity index is 1.09. The van der Waals surface area contributed by atoms with Crippen LogP contribution in [-0.2, 0) is 0 Å². The second-order valence-electron chi connectivity index (χ2n) is 15.8. The monoisotopic (exact) mass is 794 g/mol. The van der Waals surface area contributed by atoms with Gasteiger partial charge in [-0.2, -0.15) is 0 Å². The van der Waals surface area contributed by atoms with Crippen molar-refractivity contribution < 1.29 is 0 Å². The van der Waals surface area contributed by atoms with E-state index in [4.69, 9.17) is 9.97 Å². The van der Waals surface area contributed by atoms with Gasteiger partial charge < -0.3 is 4.57 Å². The molecule has 4 aromatic heterocycles. The normalized spacial score (nSPS) is 11.9. The molecule has 0 radical (unpaired) electrons. The lowest BCUT2D eigenvalue weighted by atomic mass is 9.98. The molecule has 13 rings (SSSR count). The molecule has 13 aromatic rings. The Kier molecular flexibility index (Phi) is 7.44. The van der Waals surface area contributed by atoms with Crippen LogP contribution in [0.15, 0.2) is 206 Å². The molecule has 0 N–H and O–H groups in total. The van der Waals surface area contributed by atoms with Crippen LogP contribution in [0.4, 0.5) is 0 Å². The van der Waals surface area contributed by atoms with Gasteiger partial charge in [0.05, 0.1) is 32.3 Å². The molecular formula is C56H34N4S. The third-order valence-corrected chi connectivity index (χ3v) is 13.5. The van der Waals surface area contributed by atoms with E-state index in [-0.39, 0.29) is 0 Å². The zero-order valence-corrected chi connectivity index (χ0v) is 33.6. The minimum absolute atomic E-state index is 0.711. The Labute approximate surface area is 354 Å². The summed E-state index contributed by atoms with van der Waals surface area (Å²) in [5.41, 5.74) is 11.3. The Morgan fingerprint density at radius 1 is 0.377 bits per heavy atom. The van der Waals surface area contributed by atoms with E-state index >= 15 is 0 Å². The van der Waals surface area contributed by atoms with Crippen molar-refractivity contribution in [3.8, 4) is 44.5 Å². The van der Waals surface area contributed by atoms with Gasteiger partial charge in [-0.15, -0.1) is 11.3 Å². The van der Waals surface area contributed by atoms with E-state index < -0.39 is 0 Å². The molecule has 0 bridgehead atoms. The van der Waals surface area contributed by atoms with E-state index in [1.807, 2.05) is 6.07 Å². The summed E-state index contributed by atoms with van der Waals surface area (Å²) in [5, 5.41) is 9.77. The van der Waals surface area contributed by atoms with Crippen molar-refractivity contribution in [3.63, 3.8) is 0 Å². The van der Waals surface area contributed by atoms with Crippen LogP contribution in [0.3, 0.4) is 0 Å². The summed E-state index contributed by atoms with van der Waals surface area (Å²) in [6.07, 6.45) is 0. The molecule has 4 nitrogen and oxygen atoms in total. The zero-order chi connectivity index (χ0) is 40.0. The highest BCUT2D eigenvalue weighted by atomic mass is 32.1. The Bertz CT molecular complexity index is 3860. The van der Waals surface area contributed by atoms with Crippen LogP contribution in [0, 0.1) is 0 Å². The molecule has 0 aliphatic rings. The van der Waals surface area contributed by atoms with Gasteiger partial charge in [-0.25, -0.2) is 9.97 Å². The fourth-order valence-corrected chi connectivity index (χ4v) is 10.6. The standard InChI is InChI=1S/C56H34N4S/c1-4-16-37(17-5-1)51-34-47-54(61-51)56(58-55(57-47)38-18-6-2-7-19-38)60-48-29-26-39(32-45(48)44-28-24-36-15-11-13-23-43(36)53(44)60)40-27-30-49-46(33-40)52-42-22-12-10-14-35(42)25-31-50(52)59(49)41-20-8-3-9-21-41/h1-34H. The molecule has 0 saturated heterocycles. The molecule has 0 saturated carbocycles. The van der Waals surface area contributed by atoms with Crippen LogP contribution in [0.25, 0.3) is 120 Å². The molecular weight excluding hydrogens is 761 g/mol. The first-order chi connectivity index (χ1) is 30.2. The Hall–Kier alpha value is -7.86. The highest BCUT2D eigenvalue weighted by molar-refractivity contribution is 7.22. The van der Waals surface area contributed by atoms with E-state index in [1.165, 1.54) is 75.7 Å². The van der Waals surface area contributed by atoms with Crippen LogP contribution in [0.1, 0.15) is 0 Å². The number of hydrogen-bond donors (Lipinski definition) is 0. The fourth-order valence-electron chi connectivity index (χ4n) is 9.53. The molecule has 284 valence electrons. The summed E-state index contributed by atoms with van der Waals surface area (Å²) in [5.74, 6) is 1.60. The molecule has 0 unspecified atom stereocenters. The Morgan fingerprint density at radius 2 is 0.967 bits per heavy atom. The molecule has 5 heteroatoms. The fraction of sp³-hybridized carbons (Fsp3) is 0. The molecule has 0 aliphatic heterocycles. The molecule has 9 aromatic carbocycles. The molecule has 61 heavy (non-hydrogen) atoms. The van der Waals surface area contributed by atoms with Gasteiger partial charge in [0.2, 0.25) is 0 Å². The quantitative estimate of drug-likeness (QED) is 0.174. The topological polar surface area (TPSA) is 35.6 Å². The summed E-state index contributed by atoms with van der Waals surface area (Å²) >= 11 is 1.76. The maximum absolute atomic E-state index is 5.48.